The van der Waals surface area contributed by atoms with Crippen LogP contribution in [0.25, 0.3) is 11.0 Å². The minimum Gasteiger partial charge on any atom is -0.497 e. The molecule has 32 heavy (non-hydrogen) atoms. The number of amides is 1. The summed E-state index contributed by atoms with van der Waals surface area (Å²) in [5.74, 6) is 1.02. The number of fused-ring (bicyclic) bond motifs is 1. The highest BCUT2D eigenvalue weighted by Crippen LogP contribution is 2.27. The van der Waals surface area contributed by atoms with Crippen LogP contribution in [0.3, 0.4) is 0 Å². The van der Waals surface area contributed by atoms with Gasteiger partial charge in [-0.25, -0.2) is 4.79 Å². The standard InChI is InChI=1S/C23H22Cl2N2O5/c1-30-17-3-5-20-18(12-17)15(10-23(29)32-20)13-26-6-8-27(9-7-26)22(28)14-31-21-4-2-16(24)11-19(21)25/h2-5,10-12H,6-9,13-14H2,1H3. The van der Waals surface area contributed by atoms with Crippen LogP contribution in [-0.4, -0.2) is 55.6 Å². The molecule has 1 saturated heterocycles. The van der Waals surface area contributed by atoms with Gasteiger partial charge in [0.25, 0.3) is 5.91 Å². The fourth-order valence-corrected chi connectivity index (χ4v) is 4.15. The lowest BCUT2D eigenvalue weighted by molar-refractivity contribution is -0.135. The first-order chi connectivity index (χ1) is 15.4. The Hall–Kier alpha value is -2.74. The number of piperazine rings is 1. The van der Waals surface area contributed by atoms with Crippen LogP contribution in [0.1, 0.15) is 5.56 Å². The molecular weight excluding hydrogens is 455 g/mol. The number of carbonyl (C=O) groups is 1. The first-order valence-electron chi connectivity index (χ1n) is 10.1. The van der Waals surface area contributed by atoms with Gasteiger partial charge in [0, 0.05) is 49.2 Å². The highest BCUT2D eigenvalue weighted by atomic mass is 35.5. The molecule has 1 aliphatic heterocycles. The normalized spacial score (nSPS) is 14.5. The molecule has 0 bridgehead atoms. The minimum absolute atomic E-state index is 0.0918. The van der Waals surface area contributed by atoms with E-state index in [1.807, 2.05) is 6.07 Å². The quantitative estimate of drug-likeness (QED) is 0.503. The molecule has 4 rings (SSSR count). The monoisotopic (exact) mass is 476 g/mol. The number of benzene rings is 2. The fraction of sp³-hybridized carbons (Fsp3) is 0.304. The Bertz CT molecular complexity index is 1190. The van der Waals surface area contributed by atoms with Gasteiger partial charge in [-0.15, -0.1) is 0 Å². The fourth-order valence-electron chi connectivity index (χ4n) is 3.68. The highest BCUT2D eigenvalue weighted by molar-refractivity contribution is 6.35. The van der Waals surface area contributed by atoms with Gasteiger partial charge in [-0.05, 0) is 42.0 Å². The van der Waals surface area contributed by atoms with Crippen molar-refractivity contribution in [3.8, 4) is 11.5 Å². The van der Waals surface area contributed by atoms with E-state index in [0.29, 0.717) is 59.9 Å². The number of carbonyl (C=O) groups excluding carboxylic acids is 1. The van der Waals surface area contributed by atoms with E-state index in [4.69, 9.17) is 37.1 Å². The summed E-state index contributed by atoms with van der Waals surface area (Å²) >= 11 is 12.0. The molecule has 168 valence electrons. The Morgan fingerprint density at radius 2 is 1.84 bits per heavy atom. The van der Waals surface area contributed by atoms with Gasteiger partial charge < -0.3 is 18.8 Å². The van der Waals surface area contributed by atoms with Crippen molar-refractivity contribution in [1.29, 1.82) is 0 Å². The average molecular weight is 477 g/mol. The van der Waals surface area contributed by atoms with E-state index in [1.54, 1.807) is 42.3 Å². The Balaban J connectivity index is 1.36. The maximum Gasteiger partial charge on any atom is 0.336 e. The largest absolute Gasteiger partial charge is 0.497 e. The number of nitrogens with zero attached hydrogens (tertiary/aromatic N) is 2. The molecule has 0 N–H and O–H groups in total. The molecule has 0 aliphatic carbocycles. The van der Waals surface area contributed by atoms with Crippen molar-refractivity contribution >= 4 is 40.1 Å². The Labute approximate surface area is 195 Å². The van der Waals surface area contributed by atoms with Gasteiger partial charge >= 0.3 is 5.63 Å². The van der Waals surface area contributed by atoms with Gasteiger partial charge in [0.05, 0.1) is 12.1 Å². The van der Waals surface area contributed by atoms with Crippen molar-refractivity contribution < 1.29 is 18.7 Å². The SMILES string of the molecule is COc1ccc2oc(=O)cc(CN3CCN(C(=O)COc4ccc(Cl)cc4Cl)CC3)c2c1. The second-order valence-corrected chi connectivity index (χ2v) is 8.32. The maximum absolute atomic E-state index is 12.6. The zero-order valence-electron chi connectivity index (χ0n) is 17.5. The Kier molecular flexibility index (Phi) is 6.89. The third-order valence-electron chi connectivity index (χ3n) is 5.40. The smallest absolute Gasteiger partial charge is 0.336 e. The molecule has 0 atom stereocenters. The van der Waals surface area contributed by atoms with Gasteiger partial charge in [0.1, 0.15) is 17.1 Å². The van der Waals surface area contributed by atoms with E-state index >= 15 is 0 Å². The van der Waals surface area contributed by atoms with E-state index in [2.05, 4.69) is 4.90 Å². The Morgan fingerprint density at radius 1 is 1.06 bits per heavy atom. The molecule has 2 aromatic carbocycles. The molecule has 7 nitrogen and oxygen atoms in total. The summed E-state index contributed by atoms with van der Waals surface area (Å²) in [6.45, 7) is 2.98. The molecule has 2 heterocycles. The molecule has 0 unspecified atom stereocenters. The van der Waals surface area contributed by atoms with Crippen LogP contribution < -0.4 is 15.1 Å². The zero-order valence-corrected chi connectivity index (χ0v) is 19.0. The van der Waals surface area contributed by atoms with Crippen LogP contribution in [0.4, 0.5) is 0 Å². The van der Waals surface area contributed by atoms with E-state index in [0.717, 1.165) is 10.9 Å². The third-order valence-corrected chi connectivity index (χ3v) is 5.93. The van der Waals surface area contributed by atoms with Gasteiger partial charge in [0.15, 0.2) is 6.61 Å². The van der Waals surface area contributed by atoms with E-state index in [1.165, 1.54) is 6.07 Å². The van der Waals surface area contributed by atoms with Gasteiger partial charge in [-0.3, -0.25) is 9.69 Å². The van der Waals surface area contributed by atoms with E-state index in [-0.39, 0.29) is 18.1 Å². The molecule has 0 saturated carbocycles. The predicted molar refractivity (Wildman–Crippen MR) is 123 cm³/mol. The lowest BCUT2D eigenvalue weighted by atomic mass is 10.1. The average Bonchev–Trinajstić information content (AvgIpc) is 2.78. The van der Waals surface area contributed by atoms with Crippen molar-refractivity contribution in [3.63, 3.8) is 0 Å². The molecule has 0 radical (unpaired) electrons. The van der Waals surface area contributed by atoms with E-state index in [9.17, 15) is 9.59 Å². The summed E-state index contributed by atoms with van der Waals surface area (Å²) in [5.41, 5.74) is 1.01. The molecule has 1 aliphatic rings. The number of hydrogen-bond donors (Lipinski definition) is 0. The molecule has 0 spiro atoms. The zero-order chi connectivity index (χ0) is 22.7. The highest BCUT2D eigenvalue weighted by Gasteiger charge is 2.22. The van der Waals surface area contributed by atoms with Crippen LogP contribution in [0.2, 0.25) is 10.0 Å². The first kappa shape index (κ1) is 22.5. The predicted octanol–water partition coefficient (Wildman–Crippen LogP) is 3.83. The summed E-state index contributed by atoms with van der Waals surface area (Å²) in [5, 5.41) is 1.72. The van der Waals surface area contributed by atoms with Crippen LogP contribution in [-0.2, 0) is 11.3 Å². The number of rotatable bonds is 6. The summed E-state index contributed by atoms with van der Waals surface area (Å²) in [6, 6.07) is 11.8. The van der Waals surface area contributed by atoms with Crippen molar-refractivity contribution in [2.75, 3.05) is 39.9 Å². The molecule has 3 aromatic rings. The van der Waals surface area contributed by atoms with Crippen LogP contribution in [0.5, 0.6) is 11.5 Å². The lowest BCUT2D eigenvalue weighted by Crippen LogP contribution is -2.49. The molecule has 1 amide bonds. The molecule has 9 heteroatoms. The second-order valence-electron chi connectivity index (χ2n) is 7.47. The minimum atomic E-state index is -0.385. The number of hydrogen-bond acceptors (Lipinski definition) is 6. The third kappa shape index (κ3) is 5.18. The summed E-state index contributed by atoms with van der Waals surface area (Å²) < 4.78 is 16.2. The molecule has 1 aromatic heterocycles. The number of ether oxygens (including phenoxy) is 2. The first-order valence-corrected chi connectivity index (χ1v) is 10.9. The maximum atomic E-state index is 12.6. The van der Waals surface area contributed by atoms with Crippen molar-refractivity contribution in [3.05, 3.63) is 68.5 Å². The second kappa shape index (κ2) is 9.81. The van der Waals surface area contributed by atoms with Gasteiger partial charge in [-0.1, -0.05) is 23.2 Å². The summed E-state index contributed by atoms with van der Waals surface area (Å²) in [6.07, 6.45) is 0. The van der Waals surface area contributed by atoms with Crippen LogP contribution in [0, 0.1) is 0 Å². The van der Waals surface area contributed by atoms with Crippen molar-refractivity contribution in [1.82, 2.24) is 9.80 Å². The lowest BCUT2D eigenvalue weighted by Gasteiger charge is -2.34. The van der Waals surface area contributed by atoms with E-state index < -0.39 is 0 Å². The topological polar surface area (TPSA) is 72.2 Å². The van der Waals surface area contributed by atoms with Crippen LogP contribution >= 0.6 is 23.2 Å². The van der Waals surface area contributed by atoms with Crippen molar-refractivity contribution in [2.24, 2.45) is 0 Å². The summed E-state index contributed by atoms with van der Waals surface area (Å²) in [4.78, 5) is 28.5. The molecular formula is C23H22Cl2N2O5. The number of methoxy groups -OCH3 is 1. The van der Waals surface area contributed by atoms with Gasteiger partial charge in [0.2, 0.25) is 0 Å². The van der Waals surface area contributed by atoms with Gasteiger partial charge in [-0.2, -0.15) is 0 Å². The number of halogens is 2. The van der Waals surface area contributed by atoms with Crippen LogP contribution in [0.15, 0.2) is 51.7 Å². The summed E-state index contributed by atoms with van der Waals surface area (Å²) in [7, 11) is 1.60. The molecule has 1 fully saturated rings. The van der Waals surface area contributed by atoms with Crippen molar-refractivity contribution in [2.45, 2.75) is 6.54 Å². The Morgan fingerprint density at radius 3 is 2.56 bits per heavy atom.